The molecule has 0 saturated heterocycles. The fraction of sp³-hybridized carbons (Fsp3) is 0.538. The van der Waals surface area contributed by atoms with Crippen molar-refractivity contribution in [1.29, 1.82) is 0 Å². The minimum Gasteiger partial charge on any atom is -0.497 e. The molecule has 0 aromatic heterocycles. The fourth-order valence-electron chi connectivity index (χ4n) is 1.79. The topological polar surface area (TPSA) is 50.7 Å². The Morgan fingerprint density at radius 2 is 1.85 bits per heavy atom. The molecule has 1 rings (SSSR count). The first-order chi connectivity index (χ1) is 9.25. The van der Waals surface area contributed by atoms with E-state index >= 15 is 0 Å². The van der Waals surface area contributed by atoms with Crippen molar-refractivity contribution in [3.63, 3.8) is 0 Å². The van der Waals surface area contributed by atoms with Crippen molar-refractivity contribution < 1.29 is 27.8 Å². The van der Waals surface area contributed by atoms with Gasteiger partial charge in [0.2, 0.25) is 0 Å². The van der Waals surface area contributed by atoms with Gasteiger partial charge in [-0.3, -0.25) is 5.32 Å². The molecule has 114 valence electrons. The van der Waals surface area contributed by atoms with Crippen LogP contribution in [-0.2, 0) is 5.54 Å². The van der Waals surface area contributed by atoms with Crippen LogP contribution in [0.25, 0.3) is 0 Å². The first-order valence-electron chi connectivity index (χ1n) is 5.91. The van der Waals surface area contributed by atoms with Crippen LogP contribution in [0.2, 0.25) is 0 Å². The number of methoxy groups -OCH3 is 2. The molecule has 0 radical (unpaired) electrons. The van der Waals surface area contributed by atoms with Crippen molar-refractivity contribution in [3.05, 3.63) is 23.8 Å². The number of benzene rings is 1. The van der Waals surface area contributed by atoms with Gasteiger partial charge in [0.05, 0.1) is 32.9 Å². The average molecular weight is 293 g/mol. The molecule has 1 aromatic carbocycles. The van der Waals surface area contributed by atoms with E-state index in [9.17, 15) is 18.3 Å². The van der Waals surface area contributed by atoms with E-state index in [-0.39, 0.29) is 0 Å². The van der Waals surface area contributed by atoms with Gasteiger partial charge >= 0.3 is 6.18 Å². The smallest absolute Gasteiger partial charge is 0.401 e. The Morgan fingerprint density at radius 1 is 1.20 bits per heavy atom. The zero-order valence-electron chi connectivity index (χ0n) is 11.5. The molecule has 1 atom stereocenters. The summed E-state index contributed by atoms with van der Waals surface area (Å²) in [5.74, 6) is 0.859. The van der Waals surface area contributed by atoms with Gasteiger partial charge in [0.15, 0.2) is 0 Å². The Morgan fingerprint density at radius 3 is 2.30 bits per heavy atom. The second kappa shape index (κ2) is 6.32. The molecule has 20 heavy (non-hydrogen) atoms. The number of hydrogen-bond donors (Lipinski definition) is 2. The normalized spacial score (nSPS) is 14.8. The van der Waals surface area contributed by atoms with Crippen molar-refractivity contribution in [1.82, 2.24) is 5.32 Å². The molecule has 0 saturated carbocycles. The average Bonchev–Trinajstić information content (AvgIpc) is 2.43. The summed E-state index contributed by atoms with van der Waals surface area (Å²) in [5.41, 5.74) is -0.847. The quantitative estimate of drug-likeness (QED) is 0.843. The lowest BCUT2D eigenvalue weighted by Gasteiger charge is -2.31. The second-order valence-electron chi connectivity index (χ2n) is 4.53. The highest BCUT2D eigenvalue weighted by Crippen LogP contribution is 2.33. The number of hydrogen-bond acceptors (Lipinski definition) is 4. The summed E-state index contributed by atoms with van der Waals surface area (Å²) >= 11 is 0. The van der Waals surface area contributed by atoms with E-state index in [1.807, 2.05) is 0 Å². The van der Waals surface area contributed by atoms with Gasteiger partial charge in [-0.2, -0.15) is 13.2 Å². The third kappa shape index (κ3) is 4.01. The predicted molar refractivity (Wildman–Crippen MR) is 68.0 cm³/mol. The largest absolute Gasteiger partial charge is 0.497 e. The predicted octanol–water partition coefficient (Wildman–Crippen LogP) is 2.06. The van der Waals surface area contributed by atoms with Gasteiger partial charge in [0, 0.05) is 11.6 Å². The van der Waals surface area contributed by atoms with Crippen LogP contribution in [0.5, 0.6) is 11.5 Å². The number of ether oxygens (including phenoxy) is 2. The molecule has 0 aliphatic carbocycles. The van der Waals surface area contributed by atoms with Crippen LogP contribution in [-0.4, -0.2) is 38.7 Å². The molecule has 0 spiro atoms. The van der Waals surface area contributed by atoms with Gasteiger partial charge in [-0.25, -0.2) is 0 Å². The number of aliphatic hydroxyl groups is 1. The highest BCUT2D eigenvalue weighted by molar-refractivity contribution is 5.44. The molecule has 7 heteroatoms. The van der Waals surface area contributed by atoms with Crippen LogP contribution < -0.4 is 14.8 Å². The van der Waals surface area contributed by atoms with Crippen LogP contribution in [0.15, 0.2) is 18.2 Å². The number of nitrogens with one attached hydrogen (secondary N) is 1. The second-order valence-corrected chi connectivity index (χ2v) is 4.53. The molecule has 2 N–H and O–H groups in total. The number of halogens is 3. The summed E-state index contributed by atoms with van der Waals surface area (Å²) in [7, 11) is 2.88. The molecule has 0 aliphatic heterocycles. The molecule has 1 aromatic rings. The van der Waals surface area contributed by atoms with E-state index in [0.29, 0.717) is 17.1 Å². The van der Waals surface area contributed by atoms with E-state index in [1.165, 1.54) is 21.1 Å². The summed E-state index contributed by atoms with van der Waals surface area (Å²) in [5, 5.41) is 11.8. The van der Waals surface area contributed by atoms with Gasteiger partial charge < -0.3 is 14.6 Å². The lowest BCUT2D eigenvalue weighted by atomic mass is 9.91. The standard InChI is InChI=1S/C13H18F3NO3/c1-12(8-18,17-7-13(14,15)16)10-5-4-9(19-2)6-11(10)20-3/h4-6,17-18H,7-8H2,1-3H3. The van der Waals surface area contributed by atoms with Crippen molar-refractivity contribution >= 4 is 0 Å². The zero-order chi connectivity index (χ0) is 15.4. The Bertz CT molecular complexity index is 451. The Hall–Kier alpha value is -1.47. The summed E-state index contributed by atoms with van der Waals surface area (Å²) in [6, 6.07) is 4.72. The summed E-state index contributed by atoms with van der Waals surface area (Å²) in [6.45, 7) is -0.242. The maximum Gasteiger partial charge on any atom is 0.401 e. The van der Waals surface area contributed by atoms with E-state index < -0.39 is 24.9 Å². The van der Waals surface area contributed by atoms with E-state index in [2.05, 4.69) is 5.32 Å². The summed E-state index contributed by atoms with van der Waals surface area (Å²) in [4.78, 5) is 0. The minimum absolute atomic E-state index is 0.343. The molecule has 0 fully saturated rings. The van der Waals surface area contributed by atoms with Crippen LogP contribution in [0.1, 0.15) is 12.5 Å². The molecule has 4 nitrogen and oxygen atoms in total. The summed E-state index contributed by atoms with van der Waals surface area (Å²) < 4.78 is 47.2. The molecule has 0 heterocycles. The first kappa shape index (κ1) is 16.6. The first-order valence-corrected chi connectivity index (χ1v) is 5.91. The van der Waals surface area contributed by atoms with Gasteiger partial charge in [-0.05, 0) is 19.1 Å². The SMILES string of the molecule is COc1ccc(C(C)(CO)NCC(F)(F)F)c(OC)c1. The van der Waals surface area contributed by atoms with Crippen LogP contribution in [0, 0.1) is 0 Å². The number of alkyl halides is 3. The van der Waals surface area contributed by atoms with Crippen LogP contribution >= 0.6 is 0 Å². The van der Waals surface area contributed by atoms with Gasteiger partial charge in [0.25, 0.3) is 0 Å². The number of aliphatic hydroxyl groups excluding tert-OH is 1. The van der Waals surface area contributed by atoms with Gasteiger partial charge in [-0.15, -0.1) is 0 Å². The number of rotatable bonds is 6. The van der Waals surface area contributed by atoms with Crippen molar-refractivity contribution in [2.75, 3.05) is 27.4 Å². The third-order valence-corrected chi connectivity index (χ3v) is 3.00. The molecule has 0 aliphatic rings. The molecule has 0 bridgehead atoms. The van der Waals surface area contributed by atoms with Gasteiger partial charge in [-0.1, -0.05) is 0 Å². The maximum absolute atomic E-state index is 12.3. The Balaban J connectivity index is 3.10. The summed E-state index contributed by atoms with van der Waals surface area (Å²) in [6.07, 6.45) is -4.36. The minimum atomic E-state index is -4.36. The van der Waals surface area contributed by atoms with E-state index in [4.69, 9.17) is 9.47 Å². The van der Waals surface area contributed by atoms with E-state index in [0.717, 1.165) is 0 Å². The highest BCUT2D eigenvalue weighted by atomic mass is 19.4. The van der Waals surface area contributed by atoms with Crippen molar-refractivity contribution in [2.24, 2.45) is 0 Å². The van der Waals surface area contributed by atoms with E-state index in [1.54, 1.807) is 18.2 Å². The van der Waals surface area contributed by atoms with Crippen LogP contribution in [0.3, 0.4) is 0 Å². The Labute approximate surface area is 115 Å². The fourth-order valence-corrected chi connectivity index (χ4v) is 1.79. The monoisotopic (exact) mass is 293 g/mol. The van der Waals surface area contributed by atoms with Crippen LogP contribution in [0.4, 0.5) is 13.2 Å². The van der Waals surface area contributed by atoms with Crippen molar-refractivity contribution in [3.8, 4) is 11.5 Å². The third-order valence-electron chi connectivity index (χ3n) is 3.00. The molecular formula is C13H18F3NO3. The highest BCUT2D eigenvalue weighted by Gasteiger charge is 2.35. The molecule has 1 unspecified atom stereocenters. The zero-order valence-corrected chi connectivity index (χ0v) is 11.5. The lowest BCUT2D eigenvalue weighted by Crippen LogP contribution is -2.47. The Kier molecular flexibility index (Phi) is 5.24. The van der Waals surface area contributed by atoms with Gasteiger partial charge in [0.1, 0.15) is 11.5 Å². The molecule has 0 amide bonds. The molecular weight excluding hydrogens is 275 g/mol. The van der Waals surface area contributed by atoms with Crippen molar-refractivity contribution in [2.45, 2.75) is 18.6 Å². The maximum atomic E-state index is 12.3. The lowest BCUT2D eigenvalue weighted by molar-refractivity contribution is -0.129.